The molecule has 0 radical (unpaired) electrons. The predicted octanol–water partition coefficient (Wildman–Crippen LogP) is 2.90. The number of benzene rings is 1. The Balaban J connectivity index is 2.64. The molecule has 0 atom stereocenters. The first-order valence-electron chi connectivity index (χ1n) is 4.52. The SMILES string of the molecule is N#Cc1cccc(-c2c(F)cncc2F)c1. The van der Waals surface area contributed by atoms with E-state index >= 15 is 0 Å². The maximum absolute atomic E-state index is 13.4. The van der Waals surface area contributed by atoms with Crippen molar-refractivity contribution in [3.8, 4) is 17.2 Å². The van der Waals surface area contributed by atoms with Crippen LogP contribution in [0.1, 0.15) is 5.56 Å². The minimum atomic E-state index is -0.741. The van der Waals surface area contributed by atoms with Gasteiger partial charge < -0.3 is 0 Å². The first-order valence-corrected chi connectivity index (χ1v) is 4.52. The first-order chi connectivity index (χ1) is 7.72. The van der Waals surface area contributed by atoms with Crippen molar-refractivity contribution in [1.29, 1.82) is 5.26 Å². The normalized spacial score (nSPS) is 9.81. The van der Waals surface area contributed by atoms with Crippen LogP contribution in [0.3, 0.4) is 0 Å². The average Bonchev–Trinajstić information content (AvgIpc) is 2.29. The van der Waals surface area contributed by atoms with E-state index in [1.165, 1.54) is 6.07 Å². The zero-order valence-electron chi connectivity index (χ0n) is 8.11. The molecular weight excluding hydrogens is 210 g/mol. The monoisotopic (exact) mass is 216 g/mol. The lowest BCUT2D eigenvalue weighted by Crippen LogP contribution is -1.92. The van der Waals surface area contributed by atoms with Crippen molar-refractivity contribution < 1.29 is 8.78 Å². The highest BCUT2D eigenvalue weighted by molar-refractivity contribution is 5.65. The molecule has 0 amide bonds. The third-order valence-electron chi connectivity index (χ3n) is 2.13. The summed E-state index contributed by atoms with van der Waals surface area (Å²) in [7, 11) is 0. The van der Waals surface area contributed by atoms with Crippen LogP contribution in [0.5, 0.6) is 0 Å². The van der Waals surface area contributed by atoms with Gasteiger partial charge in [0.05, 0.1) is 29.6 Å². The Morgan fingerprint density at radius 1 is 1.12 bits per heavy atom. The number of hydrogen-bond acceptors (Lipinski definition) is 2. The van der Waals surface area contributed by atoms with E-state index in [-0.39, 0.29) is 5.56 Å². The summed E-state index contributed by atoms with van der Waals surface area (Å²) < 4.78 is 26.8. The second-order valence-corrected chi connectivity index (χ2v) is 3.17. The maximum Gasteiger partial charge on any atom is 0.152 e. The van der Waals surface area contributed by atoms with Crippen molar-refractivity contribution in [1.82, 2.24) is 4.98 Å². The van der Waals surface area contributed by atoms with Crippen LogP contribution in [0.15, 0.2) is 36.7 Å². The highest BCUT2D eigenvalue weighted by Gasteiger charge is 2.11. The van der Waals surface area contributed by atoms with E-state index in [9.17, 15) is 8.78 Å². The molecule has 4 heteroatoms. The molecule has 0 spiro atoms. The molecule has 0 bridgehead atoms. The summed E-state index contributed by atoms with van der Waals surface area (Å²) in [4.78, 5) is 3.40. The third kappa shape index (κ3) is 1.75. The summed E-state index contributed by atoms with van der Waals surface area (Å²) in [5.41, 5.74) is 0.525. The van der Waals surface area contributed by atoms with E-state index in [4.69, 9.17) is 5.26 Å². The largest absolute Gasteiger partial charge is 0.259 e. The maximum atomic E-state index is 13.4. The predicted molar refractivity (Wildman–Crippen MR) is 54.3 cm³/mol. The number of pyridine rings is 1. The number of rotatable bonds is 1. The van der Waals surface area contributed by atoms with Gasteiger partial charge >= 0.3 is 0 Å². The number of nitriles is 1. The lowest BCUT2D eigenvalue weighted by atomic mass is 10.0. The molecule has 0 aliphatic heterocycles. The minimum absolute atomic E-state index is 0.160. The van der Waals surface area contributed by atoms with Crippen molar-refractivity contribution in [3.63, 3.8) is 0 Å². The molecule has 0 aliphatic carbocycles. The van der Waals surface area contributed by atoms with Crippen molar-refractivity contribution in [2.75, 3.05) is 0 Å². The average molecular weight is 216 g/mol. The smallest absolute Gasteiger partial charge is 0.152 e. The molecule has 0 N–H and O–H groups in total. The Labute approximate surface area is 90.8 Å². The van der Waals surface area contributed by atoms with Gasteiger partial charge in [-0.15, -0.1) is 0 Å². The topological polar surface area (TPSA) is 36.7 Å². The summed E-state index contributed by atoms with van der Waals surface area (Å²) >= 11 is 0. The molecule has 1 heterocycles. The highest BCUT2D eigenvalue weighted by atomic mass is 19.1. The van der Waals surface area contributed by atoms with Crippen LogP contribution in [0.4, 0.5) is 8.78 Å². The third-order valence-corrected chi connectivity index (χ3v) is 2.13. The number of aromatic nitrogens is 1. The molecule has 78 valence electrons. The fraction of sp³-hybridized carbons (Fsp3) is 0. The van der Waals surface area contributed by atoms with Gasteiger partial charge in [-0.1, -0.05) is 12.1 Å². The zero-order chi connectivity index (χ0) is 11.5. The van der Waals surface area contributed by atoms with Gasteiger partial charge in [0.25, 0.3) is 0 Å². The van der Waals surface area contributed by atoms with Gasteiger partial charge in [-0.2, -0.15) is 5.26 Å². The van der Waals surface area contributed by atoms with E-state index < -0.39 is 11.6 Å². The molecule has 16 heavy (non-hydrogen) atoms. The number of halogens is 2. The molecule has 1 aromatic carbocycles. The van der Waals surface area contributed by atoms with Crippen LogP contribution in [0, 0.1) is 23.0 Å². The fourth-order valence-corrected chi connectivity index (χ4v) is 1.43. The number of nitrogens with zero attached hydrogens (tertiary/aromatic N) is 2. The Morgan fingerprint density at radius 3 is 2.44 bits per heavy atom. The Bertz CT molecular complexity index is 553. The van der Waals surface area contributed by atoms with Crippen molar-refractivity contribution >= 4 is 0 Å². The summed E-state index contributed by atoms with van der Waals surface area (Å²) in [6.45, 7) is 0. The molecular formula is C12H6F2N2. The van der Waals surface area contributed by atoms with Gasteiger partial charge in [0, 0.05) is 0 Å². The van der Waals surface area contributed by atoms with E-state index in [1.807, 2.05) is 6.07 Å². The summed E-state index contributed by atoms with van der Waals surface area (Å²) in [6, 6.07) is 8.04. The van der Waals surface area contributed by atoms with Crippen molar-refractivity contribution in [2.45, 2.75) is 0 Å². The number of hydrogen-bond donors (Lipinski definition) is 0. The Kier molecular flexibility index (Phi) is 2.61. The van der Waals surface area contributed by atoms with E-state index in [1.54, 1.807) is 18.2 Å². The lowest BCUT2D eigenvalue weighted by molar-refractivity contribution is 0.579. The molecule has 1 aromatic heterocycles. The molecule has 2 rings (SSSR count). The quantitative estimate of drug-likeness (QED) is 0.734. The Morgan fingerprint density at radius 2 is 1.81 bits per heavy atom. The second kappa shape index (κ2) is 4.07. The van der Waals surface area contributed by atoms with Crippen molar-refractivity contribution in [3.05, 3.63) is 53.9 Å². The molecule has 0 aliphatic rings. The first kappa shape index (κ1) is 10.2. The second-order valence-electron chi connectivity index (χ2n) is 3.17. The van der Waals surface area contributed by atoms with Gasteiger partial charge in [0.2, 0.25) is 0 Å². The zero-order valence-corrected chi connectivity index (χ0v) is 8.11. The molecule has 0 fully saturated rings. The van der Waals surface area contributed by atoms with Gasteiger partial charge in [-0.3, -0.25) is 4.98 Å². The van der Waals surface area contributed by atoms with Gasteiger partial charge in [-0.05, 0) is 17.7 Å². The van der Waals surface area contributed by atoms with Gasteiger partial charge in [0.1, 0.15) is 0 Å². The fourth-order valence-electron chi connectivity index (χ4n) is 1.43. The molecule has 0 saturated carbocycles. The van der Waals surface area contributed by atoms with Crippen LogP contribution in [0.25, 0.3) is 11.1 Å². The molecule has 2 aromatic rings. The van der Waals surface area contributed by atoms with E-state index in [2.05, 4.69) is 4.98 Å². The standard InChI is InChI=1S/C12H6F2N2/c13-10-6-16-7-11(14)12(10)9-3-1-2-8(4-9)5-15/h1-4,6-7H. The van der Waals surface area contributed by atoms with Crippen molar-refractivity contribution in [2.24, 2.45) is 0 Å². The van der Waals surface area contributed by atoms with Crippen LogP contribution < -0.4 is 0 Å². The summed E-state index contributed by atoms with van der Waals surface area (Å²) in [5, 5.41) is 8.70. The van der Waals surface area contributed by atoms with Crippen LogP contribution in [-0.4, -0.2) is 4.98 Å². The van der Waals surface area contributed by atoms with E-state index in [0.717, 1.165) is 12.4 Å². The Hall–Kier alpha value is -2.28. The summed E-state index contributed by atoms with van der Waals surface area (Å²) in [6.07, 6.45) is 1.88. The molecule has 0 saturated heterocycles. The highest BCUT2D eigenvalue weighted by Crippen LogP contribution is 2.25. The molecule has 0 unspecified atom stereocenters. The molecule has 2 nitrogen and oxygen atoms in total. The summed E-state index contributed by atoms with van der Waals surface area (Å²) in [5.74, 6) is -1.48. The van der Waals surface area contributed by atoms with Crippen LogP contribution in [-0.2, 0) is 0 Å². The lowest BCUT2D eigenvalue weighted by Gasteiger charge is -2.04. The van der Waals surface area contributed by atoms with E-state index in [0.29, 0.717) is 11.1 Å². The van der Waals surface area contributed by atoms with Gasteiger partial charge in [-0.25, -0.2) is 8.78 Å². The van der Waals surface area contributed by atoms with Crippen LogP contribution >= 0.6 is 0 Å². The minimum Gasteiger partial charge on any atom is -0.259 e. The van der Waals surface area contributed by atoms with Crippen LogP contribution in [0.2, 0.25) is 0 Å². The van der Waals surface area contributed by atoms with Gasteiger partial charge in [0.15, 0.2) is 11.6 Å².